The molecule has 1 aliphatic rings. The number of hydrogen-bond acceptors (Lipinski definition) is 3. The Bertz CT molecular complexity index is 338. The third kappa shape index (κ3) is 1.32. The summed E-state index contributed by atoms with van der Waals surface area (Å²) in [5.41, 5.74) is 6.49. The number of ketones is 1. The van der Waals surface area contributed by atoms with Crippen molar-refractivity contribution in [2.45, 2.75) is 31.7 Å². The molecule has 0 aliphatic heterocycles. The molecule has 0 aromatic carbocycles. The number of hydrogen-bond donors (Lipinski definition) is 1. The highest BCUT2D eigenvalue weighted by Crippen LogP contribution is 2.34. The Labute approximate surface area is 81.8 Å². The smallest absolute Gasteiger partial charge is 0.192 e. The van der Waals surface area contributed by atoms with Gasteiger partial charge < -0.3 is 5.73 Å². The minimum absolute atomic E-state index is 0.145. The molecule has 1 saturated carbocycles. The van der Waals surface area contributed by atoms with Crippen LogP contribution in [0, 0.1) is 6.92 Å². The monoisotopic (exact) mass is 195 g/mol. The lowest BCUT2D eigenvalue weighted by Crippen LogP contribution is -2.53. The maximum absolute atomic E-state index is 11.9. The van der Waals surface area contributed by atoms with Crippen molar-refractivity contribution in [1.82, 2.24) is 0 Å². The normalized spacial score (nSPS) is 19.5. The van der Waals surface area contributed by atoms with Crippen LogP contribution in [-0.2, 0) is 0 Å². The molecule has 0 radical (unpaired) electrons. The molecule has 1 aromatic rings. The number of Topliss-reactive ketones (excluding diaryl/α,β-unsaturated/α-hetero) is 1. The second kappa shape index (κ2) is 2.93. The van der Waals surface area contributed by atoms with Gasteiger partial charge in [-0.15, -0.1) is 11.3 Å². The average molecular weight is 195 g/mol. The zero-order chi connectivity index (χ0) is 9.47. The molecule has 2 N–H and O–H groups in total. The van der Waals surface area contributed by atoms with Crippen molar-refractivity contribution in [3.63, 3.8) is 0 Å². The summed E-state index contributed by atoms with van der Waals surface area (Å²) in [7, 11) is 0. The first kappa shape index (κ1) is 8.91. The van der Waals surface area contributed by atoms with Crippen molar-refractivity contribution in [1.29, 1.82) is 0 Å². The van der Waals surface area contributed by atoms with Crippen molar-refractivity contribution in [3.8, 4) is 0 Å². The number of carbonyl (C=O) groups is 1. The molecular weight excluding hydrogens is 182 g/mol. The lowest BCUT2D eigenvalue weighted by molar-refractivity contribution is 0.0804. The number of thiophene rings is 1. The van der Waals surface area contributed by atoms with Crippen LogP contribution in [0.2, 0.25) is 0 Å². The number of rotatable bonds is 2. The van der Waals surface area contributed by atoms with E-state index in [2.05, 4.69) is 0 Å². The molecule has 13 heavy (non-hydrogen) atoms. The molecule has 0 amide bonds. The highest BCUT2D eigenvalue weighted by molar-refractivity contribution is 7.12. The van der Waals surface area contributed by atoms with Crippen LogP contribution in [0.3, 0.4) is 0 Å². The molecule has 0 unspecified atom stereocenters. The van der Waals surface area contributed by atoms with Crippen LogP contribution in [0.4, 0.5) is 0 Å². The van der Waals surface area contributed by atoms with Crippen molar-refractivity contribution >= 4 is 17.1 Å². The molecule has 3 heteroatoms. The average Bonchev–Trinajstić information content (AvgIpc) is 2.46. The van der Waals surface area contributed by atoms with Gasteiger partial charge in [0.25, 0.3) is 0 Å². The summed E-state index contributed by atoms with van der Waals surface area (Å²) in [4.78, 5) is 12.8. The van der Waals surface area contributed by atoms with Gasteiger partial charge in [-0.05, 0) is 43.2 Å². The molecule has 2 rings (SSSR count). The summed E-state index contributed by atoms with van der Waals surface area (Å²) < 4.78 is 0. The van der Waals surface area contributed by atoms with Gasteiger partial charge in [-0.25, -0.2) is 0 Å². The van der Waals surface area contributed by atoms with Gasteiger partial charge >= 0.3 is 0 Å². The van der Waals surface area contributed by atoms with E-state index in [1.54, 1.807) is 0 Å². The number of aryl methyl sites for hydroxylation is 1. The Morgan fingerprint density at radius 1 is 1.62 bits per heavy atom. The van der Waals surface area contributed by atoms with E-state index in [0.717, 1.165) is 29.7 Å². The third-order valence-corrected chi connectivity index (χ3v) is 3.78. The van der Waals surface area contributed by atoms with Gasteiger partial charge in [0.2, 0.25) is 0 Å². The summed E-state index contributed by atoms with van der Waals surface area (Å²) in [6.07, 6.45) is 2.79. The predicted molar refractivity (Wildman–Crippen MR) is 54.2 cm³/mol. The first-order valence-electron chi connectivity index (χ1n) is 4.51. The van der Waals surface area contributed by atoms with Crippen molar-refractivity contribution in [2.75, 3.05) is 0 Å². The maximum Gasteiger partial charge on any atom is 0.192 e. The first-order valence-corrected chi connectivity index (χ1v) is 5.39. The minimum Gasteiger partial charge on any atom is -0.319 e. The predicted octanol–water partition coefficient (Wildman–Crippen LogP) is 2.12. The maximum atomic E-state index is 11.9. The topological polar surface area (TPSA) is 43.1 Å². The second-order valence-corrected chi connectivity index (χ2v) is 4.69. The molecule has 1 heterocycles. The van der Waals surface area contributed by atoms with Crippen LogP contribution in [0.25, 0.3) is 0 Å². The zero-order valence-corrected chi connectivity index (χ0v) is 8.49. The Hall–Kier alpha value is -0.670. The molecule has 70 valence electrons. The van der Waals surface area contributed by atoms with Gasteiger partial charge in [-0.1, -0.05) is 0 Å². The van der Waals surface area contributed by atoms with E-state index in [9.17, 15) is 4.79 Å². The van der Waals surface area contributed by atoms with Crippen LogP contribution in [0.1, 0.15) is 34.5 Å². The fourth-order valence-corrected chi connectivity index (χ4v) is 2.59. The van der Waals surface area contributed by atoms with Crippen molar-refractivity contribution < 1.29 is 4.79 Å². The van der Waals surface area contributed by atoms with Gasteiger partial charge in [0.05, 0.1) is 10.4 Å². The zero-order valence-electron chi connectivity index (χ0n) is 7.67. The fourth-order valence-electron chi connectivity index (χ4n) is 1.62. The van der Waals surface area contributed by atoms with Crippen LogP contribution in [0.15, 0.2) is 11.4 Å². The van der Waals surface area contributed by atoms with E-state index in [-0.39, 0.29) is 5.78 Å². The van der Waals surface area contributed by atoms with Gasteiger partial charge in [0, 0.05) is 0 Å². The van der Waals surface area contributed by atoms with E-state index >= 15 is 0 Å². The lowest BCUT2D eigenvalue weighted by atomic mass is 9.74. The molecule has 1 aliphatic carbocycles. The third-order valence-electron chi connectivity index (χ3n) is 2.77. The minimum atomic E-state index is -0.532. The summed E-state index contributed by atoms with van der Waals surface area (Å²) in [6.45, 7) is 1.96. The Balaban J connectivity index is 2.27. The largest absolute Gasteiger partial charge is 0.319 e. The summed E-state index contributed by atoms with van der Waals surface area (Å²) in [5.74, 6) is 0.145. The lowest BCUT2D eigenvalue weighted by Gasteiger charge is -2.36. The second-order valence-electron chi connectivity index (χ2n) is 3.77. The van der Waals surface area contributed by atoms with E-state index in [1.165, 1.54) is 11.3 Å². The standard InChI is InChI=1S/C10H13NOS/c1-7-3-6-13-8(7)9(12)10(11)4-2-5-10/h3,6H,2,4-5,11H2,1H3. The molecular formula is C10H13NOS. The van der Waals surface area contributed by atoms with E-state index in [1.807, 2.05) is 18.4 Å². The Kier molecular flexibility index (Phi) is 2.00. The highest BCUT2D eigenvalue weighted by atomic mass is 32.1. The summed E-state index contributed by atoms with van der Waals surface area (Å²) in [5, 5.41) is 1.95. The molecule has 0 saturated heterocycles. The SMILES string of the molecule is Cc1ccsc1C(=O)C1(N)CCC1. The molecule has 0 bridgehead atoms. The highest BCUT2D eigenvalue weighted by Gasteiger charge is 2.41. The van der Waals surface area contributed by atoms with Gasteiger partial charge in [-0.3, -0.25) is 4.79 Å². The molecule has 1 fully saturated rings. The molecule has 0 spiro atoms. The fraction of sp³-hybridized carbons (Fsp3) is 0.500. The van der Waals surface area contributed by atoms with E-state index < -0.39 is 5.54 Å². The van der Waals surface area contributed by atoms with Crippen LogP contribution < -0.4 is 5.73 Å². The summed E-state index contributed by atoms with van der Waals surface area (Å²) in [6, 6.07) is 1.97. The molecule has 1 aromatic heterocycles. The Morgan fingerprint density at radius 3 is 2.69 bits per heavy atom. The van der Waals surface area contributed by atoms with Gasteiger partial charge in [-0.2, -0.15) is 0 Å². The van der Waals surface area contributed by atoms with E-state index in [4.69, 9.17) is 5.73 Å². The molecule has 2 nitrogen and oxygen atoms in total. The first-order chi connectivity index (χ1) is 6.13. The van der Waals surface area contributed by atoms with Gasteiger partial charge in [0.15, 0.2) is 5.78 Å². The molecule has 0 atom stereocenters. The number of nitrogens with two attached hydrogens (primary N) is 1. The van der Waals surface area contributed by atoms with Gasteiger partial charge in [0.1, 0.15) is 0 Å². The van der Waals surface area contributed by atoms with Crippen LogP contribution >= 0.6 is 11.3 Å². The van der Waals surface area contributed by atoms with Crippen LogP contribution in [-0.4, -0.2) is 11.3 Å². The number of carbonyl (C=O) groups excluding carboxylic acids is 1. The van der Waals surface area contributed by atoms with Crippen LogP contribution in [0.5, 0.6) is 0 Å². The summed E-state index contributed by atoms with van der Waals surface area (Å²) >= 11 is 1.50. The van der Waals surface area contributed by atoms with E-state index in [0.29, 0.717) is 0 Å². The Morgan fingerprint density at radius 2 is 2.31 bits per heavy atom. The van der Waals surface area contributed by atoms with Crippen molar-refractivity contribution in [3.05, 3.63) is 21.9 Å². The van der Waals surface area contributed by atoms with Crippen molar-refractivity contribution in [2.24, 2.45) is 5.73 Å². The quantitative estimate of drug-likeness (QED) is 0.734.